The van der Waals surface area contributed by atoms with Crippen LogP contribution in [0.15, 0.2) is 0 Å². The van der Waals surface area contributed by atoms with Crippen LogP contribution in [0.25, 0.3) is 0 Å². The zero-order valence-corrected chi connectivity index (χ0v) is 37.3. The summed E-state index contributed by atoms with van der Waals surface area (Å²) in [5.74, 6) is 0.187. The van der Waals surface area contributed by atoms with Crippen molar-refractivity contribution in [3.63, 3.8) is 0 Å². The lowest BCUT2D eigenvalue weighted by molar-refractivity contribution is -0.151. The average Bonchev–Trinajstić information content (AvgIpc) is 3.18. The first-order valence-electron chi connectivity index (χ1n) is 24.5. The van der Waals surface area contributed by atoms with Crippen LogP contribution in [0.1, 0.15) is 253 Å². The molecule has 1 aliphatic heterocycles. The van der Waals surface area contributed by atoms with Gasteiger partial charge in [-0.05, 0) is 82.8 Å². The number of hydrogen-bond donors (Lipinski definition) is 0. The second-order valence-electron chi connectivity index (χ2n) is 17.6. The highest BCUT2D eigenvalue weighted by molar-refractivity contribution is 5.72. The van der Waals surface area contributed by atoms with Gasteiger partial charge in [0.15, 0.2) is 0 Å². The molecule has 0 aromatic rings. The molecular formula is C49H95NO4. The van der Waals surface area contributed by atoms with E-state index in [4.69, 9.17) is 9.47 Å². The summed E-state index contributed by atoms with van der Waals surface area (Å²) in [4.78, 5) is 29.8. The molecule has 1 rings (SSSR count). The third kappa shape index (κ3) is 26.7. The summed E-state index contributed by atoms with van der Waals surface area (Å²) in [6, 6.07) is 0. The van der Waals surface area contributed by atoms with Gasteiger partial charge in [-0.25, -0.2) is 0 Å². The number of carbonyl (C=O) groups excluding carboxylic acids is 2. The number of rotatable bonds is 39. The summed E-state index contributed by atoms with van der Waals surface area (Å²) >= 11 is 0. The minimum Gasteiger partial charge on any atom is -0.465 e. The largest absolute Gasteiger partial charge is 0.465 e. The smallest absolute Gasteiger partial charge is 0.308 e. The summed E-state index contributed by atoms with van der Waals surface area (Å²) in [5.41, 5.74) is 0.0750. The Balaban J connectivity index is 2.78. The minimum atomic E-state index is 0.0466. The van der Waals surface area contributed by atoms with Crippen LogP contribution >= 0.6 is 0 Å². The molecule has 320 valence electrons. The first kappa shape index (κ1) is 50.9. The van der Waals surface area contributed by atoms with Crippen molar-refractivity contribution in [2.75, 3.05) is 32.8 Å². The molecule has 0 aromatic heterocycles. The first-order chi connectivity index (χ1) is 26.4. The van der Waals surface area contributed by atoms with Crippen molar-refractivity contribution in [2.45, 2.75) is 253 Å². The van der Waals surface area contributed by atoms with Crippen LogP contribution in [0.5, 0.6) is 0 Å². The zero-order valence-electron chi connectivity index (χ0n) is 37.3. The maximum atomic E-state index is 13.6. The molecule has 0 amide bonds. The van der Waals surface area contributed by atoms with Crippen LogP contribution in [0, 0.1) is 17.3 Å². The average molecular weight is 762 g/mol. The van der Waals surface area contributed by atoms with Crippen LogP contribution in [-0.2, 0) is 19.1 Å². The van der Waals surface area contributed by atoms with Gasteiger partial charge in [-0.15, -0.1) is 0 Å². The van der Waals surface area contributed by atoms with Gasteiger partial charge in [0, 0.05) is 0 Å². The second-order valence-corrected chi connectivity index (χ2v) is 17.6. The molecule has 5 heteroatoms. The molecule has 0 saturated carbocycles. The quantitative estimate of drug-likeness (QED) is 0.0461. The lowest BCUT2D eigenvalue weighted by Crippen LogP contribution is -2.42. The summed E-state index contributed by atoms with van der Waals surface area (Å²) in [6.45, 7) is 15.7. The molecule has 0 aromatic carbocycles. The molecule has 5 nitrogen and oxygen atoms in total. The first-order valence-corrected chi connectivity index (χ1v) is 24.5. The SMILES string of the molecule is CCCCCCCCCC(CCCCCCC)C(=O)OCCC1(CCOC(=O)C(CCCCCCC)CCCCCCCCC)CCN(CCCC)CC1. The lowest BCUT2D eigenvalue weighted by Gasteiger charge is -2.42. The van der Waals surface area contributed by atoms with Gasteiger partial charge < -0.3 is 14.4 Å². The molecule has 54 heavy (non-hydrogen) atoms. The van der Waals surface area contributed by atoms with Crippen molar-refractivity contribution in [1.29, 1.82) is 0 Å². The van der Waals surface area contributed by atoms with Crippen molar-refractivity contribution in [2.24, 2.45) is 17.3 Å². The predicted octanol–water partition coefficient (Wildman–Crippen LogP) is 15.0. The number of esters is 2. The molecule has 2 unspecified atom stereocenters. The van der Waals surface area contributed by atoms with Crippen LogP contribution in [0.2, 0.25) is 0 Å². The van der Waals surface area contributed by atoms with Gasteiger partial charge in [0.05, 0.1) is 25.0 Å². The van der Waals surface area contributed by atoms with Crippen LogP contribution < -0.4 is 0 Å². The van der Waals surface area contributed by atoms with E-state index in [0.717, 1.165) is 90.1 Å². The van der Waals surface area contributed by atoms with E-state index < -0.39 is 0 Å². The topological polar surface area (TPSA) is 55.8 Å². The van der Waals surface area contributed by atoms with Crippen LogP contribution in [0.3, 0.4) is 0 Å². The Morgan fingerprint density at radius 2 is 0.741 bits per heavy atom. The molecule has 0 radical (unpaired) electrons. The Hall–Kier alpha value is -1.10. The number of piperidine rings is 1. The van der Waals surface area contributed by atoms with Gasteiger partial charge >= 0.3 is 11.9 Å². The van der Waals surface area contributed by atoms with Crippen LogP contribution in [0.4, 0.5) is 0 Å². The van der Waals surface area contributed by atoms with E-state index in [1.807, 2.05) is 0 Å². The normalized spacial score (nSPS) is 15.6. The second kappa shape index (κ2) is 36.3. The third-order valence-corrected chi connectivity index (χ3v) is 12.8. The maximum Gasteiger partial charge on any atom is 0.308 e. The molecule has 2 atom stereocenters. The summed E-state index contributed by atoms with van der Waals surface area (Å²) in [7, 11) is 0. The number of carbonyl (C=O) groups is 2. The number of hydrogen-bond acceptors (Lipinski definition) is 5. The number of unbranched alkanes of at least 4 members (excludes halogenated alkanes) is 21. The van der Waals surface area contributed by atoms with E-state index in [2.05, 4.69) is 39.5 Å². The molecule has 0 spiro atoms. The lowest BCUT2D eigenvalue weighted by atomic mass is 9.73. The fourth-order valence-corrected chi connectivity index (χ4v) is 8.67. The summed E-state index contributed by atoms with van der Waals surface area (Å²) in [6.07, 6.45) is 40.6. The van der Waals surface area contributed by atoms with Crippen molar-refractivity contribution in [3.8, 4) is 0 Å². The molecule has 0 aliphatic carbocycles. The monoisotopic (exact) mass is 762 g/mol. The van der Waals surface area contributed by atoms with Gasteiger partial charge in [-0.1, -0.05) is 195 Å². The fourth-order valence-electron chi connectivity index (χ4n) is 8.67. The van der Waals surface area contributed by atoms with Gasteiger partial charge in [-0.3, -0.25) is 9.59 Å². The van der Waals surface area contributed by atoms with Crippen molar-refractivity contribution in [3.05, 3.63) is 0 Å². The molecule has 1 saturated heterocycles. The van der Waals surface area contributed by atoms with Gasteiger partial charge in [0.25, 0.3) is 0 Å². The summed E-state index contributed by atoms with van der Waals surface area (Å²) < 4.78 is 12.4. The number of likely N-dealkylation sites (tertiary alicyclic amines) is 1. The Morgan fingerprint density at radius 1 is 0.444 bits per heavy atom. The summed E-state index contributed by atoms with van der Waals surface area (Å²) in [5, 5.41) is 0. The minimum absolute atomic E-state index is 0.0466. The van der Waals surface area contributed by atoms with E-state index in [9.17, 15) is 9.59 Å². The number of nitrogens with zero attached hydrogens (tertiary/aromatic N) is 1. The highest BCUT2D eigenvalue weighted by Gasteiger charge is 2.35. The zero-order chi connectivity index (χ0) is 39.4. The highest BCUT2D eigenvalue weighted by Crippen LogP contribution is 2.39. The van der Waals surface area contributed by atoms with Crippen molar-refractivity contribution in [1.82, 2.24) is 4.90 Å². The van der Waals surface area contributed by atoms with E-state index in [1.165, 1.54) is 148 Å². The van der Waals surface area contributed by atoms with Gasteiger partial charge in [0.2, 0.25) is 0 Å². The van der Waals surface area contributed by atoms with E-state index in [1.54, 1.807) is 0 Å². The van der Waals surface area contributed by atoms with Gasteiger partial charge in [0.1, 0.15) is 0 Å². The Bertz CT molecular complexity index is 782. The fraction of sp³-hybridized carbons (Fsp3) is 0.959. The molecule has 0 bridgehead atoms. The standard InChI is InChI=1S/C49H95NO4/c1-6-11-16-20-22-26-30-34-45(32-28-24-18-13-8-3)47(51)53-43-38-49(36-41-50(42-37-49)40-15-10-5)39-44-54-48(52)46(33-29-25-19-14-9-4)35-31-27-23-21-17-12-7-2/h45-46H,6-44H2,1-5H3. The Labute approximate surface area is 338 Å². The molecule has 1 heterocycles. The van der Waals surface area contributed by atoms with Crippen molar-refractivity contribution >= 4 is 11.9 Å². The van der Waals surface area contributed by atoms with E-state index >= 15 is 0 Å². The maximum absolute atomic E-state index is 13.6. The highest BCUT2D eigenvalue weighted by atomic mass is 16.5. The van der Waals surface area contributed by atoms with Crippen molar-refractivity contribution < 1.29 is 19.1 Å². The molecule has 1 fully saturated rings. The third-order valence-electron chi connectivity index (χ3n) is 12.8. The van der Waals surface area contributed by atoms with Gasteiger partial charge in [-0.2, -0.15) is 0 Å². The predicted molar refractivity (Wildman–Crippen MR) is 233 cm³/mol. The van der Waals surface area contributed by atoms with E-state index in [0.29, 0.717) is 13.2 Å². The molecule has 0 N–H and O–H groups in total. The molecular weight excluding hydrogens is 667 g/mol. The Kier molecular flexibility index (Phi) is 34.2. The Morgan fingerprint density at radius 3 is 1.06 bits per heavy atom. The number of ether oxygens (including phenoxy) is 2. The van der Waals surface area contributed by atoms with Crippen LogP contribution in [-0.4, -0.2) is 49.7 Å². The van der Waals surface area contributed by atoms with E-state index in [-0.39, 0.29) is 29.2 Å². The molecule has 1 aliphatic rings.